The quantitative estimate of drug-likeness (QED) is 0.435. The summed E-state index contributed by atoms with van der Waals surface area (Å²) < 4.78 is 1.75. The van der Waals surface area contributed by atoms with Crippen LogP contribution in [0.1, 0.15) is 32.9 Å². The molecule has 0 aliphatic carbocycles. The summed E-state index contributed by atoms with van der Waals surface area (Å²) in [5, 5.41) is 19.4. The van der Waals surface area contributed by atoms with Gasteiger partial charge in [0.15, 0.2) is 0 Å². The van der Waals surface area contributed by atoms with Gasteiger partial charge in [-0.05, 0) is 44.5 Å². The molecule has 0 atom stereocenters. The predicted octanol–water partition coefficient (Wildman–Crippen LogP) is 5.32. The number of aromatic nitrogens is 2. The van der Waals surface area contributed by atoms with Gasteiger partial charge in [0, 0.05) is 17.2 Å². The van der Waals surface area contributed by atoms with Gasteiger partial charge in [-0.3, -0.25) is 19.6 Å². The fraction of sp³-hybridized carbons (Fsp3) is 0.200. The van der Waals surface area contributed by atoms with Crippen LogP contribution in [0.3, 0.4) is 0 Å². The maximum Gasteiger partial charge on any atom is 0.273 e. The summed E-state index contributed by atoms with van der Waals surface area (Å²) in [7, 11) is 0. The minimum absolute atomic E-state index is 0.0959. The second kappa shape index (κ2) is 8.23. The minimum Gasteiger partial charge on any atom is -0.319 e. The van der Waals surface area contributed by atoms with Gasteiger partial charge in [-0.2, -0.15) is 5.10 Å². The highest BCUT2D eigenvalue weighted by molar-refractivity contribution is 6.42. The molecule has 3 aromatic rings. The molecule has 0 radical (unpaired) electrons. The van der Waals surface area contributed by atoms with Crippen LogP contribution in [0.25, 0.3) is 0 Å². The molecule has 2 aromatic carbocycles. The third-order valence-electron chi connectivity index (χ3n) is 4.60. The third kappa shape index (κ3) is 4.41. The number of nitro groups is 1. The van der Waals surface area contributed by atoms with Crippen molar-refractivity contribution in [1.29, 1.82) is 0 Å². The summed E-state index contributed by atoms with van der Waals surface area (Å²) in [6.45, 7) is 5.70. The molecule has 0 bridgehead atoms. The van der Waals surface area contributed by atoms with Crippen LogP contribution < -0.4 is 5.32 Å². The van der Waals surface area contributed by atoms with Crippen LogP contribution in [0.5, 0.6) is 0 Å². The normalized spacial score (nSPS) is 10.8. The van der Waals surface area contributed by atoms with E-state index < -0.39 is 10.8 Å². The lowest BCUT2D eigenvalue weighted by molar-refractivity contribution is -0.385. The molecule has 150 valence electrons. The first-order valence-corrected chi connectivity index (χ1v) is 9.47. The van der Waals surface area contributed by atoms with Gasteiger partial charge in [-0.15, -0.1) is 0 Å². The minimum atomic E-state index is -0.502. The second-order valence-electron chi connectivity index (χ2n) is 6.66. The lowest BCUT2D eigenvalue weighted by Crippen LogP contribution is -2.14. The highest BCUT2D eigenvalue weighted by Crippen LogP contribution is 2.26. The Morgan fingerprint density at radius 1 is 1.14 bits per heavy atom. The van der Waals surface area contributed by atoms with Gasteiger partial charge in [-0.25, -0.2) is 0 Å². The number of carbonyl (C=O) groups excluding carboxylic acids is 1. The summed E-state index contributed by atoms with van der Waals surface area (Å²) in [5.41, 5.74) is 3.48. The standard InChI is InChI=1S/C20H18Cl2N4O3/c1-11-4-6-15(9-18(11)26(28)29)20(27)23-19-12(2)24-25(13(19)3)10-14-5-7-16(21)17(22)8-14/h4-9H,10H2,1-3H3,(H,23,27). The molecule has 9 heteroatoms. The van der Waals surface area contributed by atoms with Crippen LogP contribution in [0, 0.1) is 30.9 Å². The number of nitro benzene ring substituents is 1. The van der Waals surface area contributed by atoms with Crippen molar-refractivity contribution in [1.82, 2.24) is 9.78 Å². The number of halogens is 2. The SMILES string of the molecule is Cc1ccc(C(=O)Nc2c(C)nn(Cc3ccc(Cl)c(Cl)c3)c2C)cc1[N+](=O)[O-]. The Morgan fingerprint density at radius 2 is 1.86 bits per heavy atom. The zero-order valence-electron chi connectivity index (χ0n) is 16.0. The molecule has 1 heterocycles. The summed E-state index contributed by atoms with van der Waals surface area (Å²) in [6.07, 6.45) is 0. The van der Waals surface area contributed by atoms with Crippen LogP contribution in [-0.2, 0) is 6.54 Å². The molecule has 1 aromatic heterocycles. The fourth-order valence-electron chi connectivity index (χ4n) is 2.98. The Bertz CT molecular complexity index is 1130. The number of hydrogen-bond donors (Lipinski definition) is 1. The molecule has 0 aliphatic rings. The number of amides is 1. The number of benzene rings is 2. The monoisotopic (exact) mass is 432 g/mol. The molecular weight excluding hydrogens is 415 g/mol. The third-order valence-corrected chi connectivity index (χ3v) is 5.34. The predicted molar refractivity (Wildman–Crippen MR) is 113 cm³/mol. The van der Waals surface area contributed by atoms with Gasteiger partial charge in [0.25, 0.3) is 11.6 Å². The molecule has 0 unspecified atom stereocenters. The van der Waals surface area contributed by atoms with Crippen LogP contribution >= 0.6 is 23.2 Å². The highest BCUT2D eigenvalue weighted by atomic mass is 35.5. The first-order valence-electron chi connectivity index (χ1n) is 8.71. The zero-order valence-corrected chi connectivity index (χ0v) is 17.5. The fourth-order valence-corrected chi connectivity index (χ4v) is 3.30. The topological polar surface area (TPSA) is 90.1 Å². The van der Waals surface area contributed by atoms with E-state index in [0.717, 1.165) is 11.3 Å². The number of anilines is 1. The number of hydrogen-bond acceptors (Lipinski definition) is 4. The summed E-state index contributed by atoms with van der Waals surface area (Å²) >= 11 is 12.0. The number of nitrogens with zero attached hydrogens (tertiary/aromatic N) is 3. The molecule has 0 spiro atoms. The number of carbonyl (C=O) groups is 1. The van der Waals surface area contributed by atoms with Crippen LogP contribution in [0.4, 0.5) is 11.4 Å². The average molecular weight is 433 g/mol. The summed E-state index contributed by atoms with van der Waals surface area (Å²) in [5.74, 6) is -0.437. The average Bonchev–Trinajstić information content (AvgIpc) is 2.92. The van der Waals surface area contributed by atoms with Crippen LogP contribution in [0.2, 0.25) is 10.0 Å². The number of aryl methyl sites for hydroxylation is 2. The van der Waals surface area contributed by atoms with Crippen molar-refractivity contribution in [3.63, 3.8) is 0 Å². The molecule has 7 nitrogen and oxygen atoms in total. The van der Waals surface area contributed by atoms with E-state index in [1.54, 1.807) is 42.8 Å². The van der Waals surface area contributed by atoms with Gasteiger partial charge >= 0.3 is 0 Å². The Morgan fingerprint density at radius 3 is 2.52 bits per heavy atom. The molecule has 29 heavy (non-hydrogen) atoms. The largest absolute Gasteiger partial charge is 0.319 e. The molecule has 1 N–H and O–H groups in total. The van der Waals surface area contributed by atoms with Gasteiger partial charge in [0.1, 0.15) is 0 Å². The first-order chi connectivity index (χ1) is 13.7. The molecule has 0 saturated carbocycles. The number of rotatable bonds is 5. The van der Waals surface area contributed by atoms with Crippen molar-refractivity contribution < 1.29 is 9.72 Å². The van der Waals surface area contributed by atoms with Gasteiger partial charge < -0.3 is 5.32 Å². The van der Waals surface area contributed by atoms with Gasteiger partial charge in [-0.1, -0.05) is 35.3 Å². The lowest BCUT2D eigenvalue weighted by Gasteiger charge is -2.08. The smallest absolute Gasteiger partial charge is 0.273 e. The van der Waals surface area contributed by atoms with Gasteiger partial charge in [0.2, 0.25) is 0 Å². The second-order valence-corrected chi connectivity index (χ2v) is 7.48. The van der Waals surface area contributed by atoms with E-state index in [4.69, 9.17) is 23.2 Å². The van der Waals surface area contributed by atoms with Crippen molar-refractivity contribution >= 4 is 40.5 Å². The molecular formula is C20H18Cl2N4O3. The molecule has 0 saturated heterocycles. The number of nitrogens with one attached hydrogen (secondary N) is 1. The Balaban J connectivity index is 1.85. The van der Waals surface area contributed by atoms with E-state index >= 15 is 0 Å². The molecule has 0 fully saturated rings. The van der Waals surface area contributed by atoms with E-state index in [9.17, 15) is 14.9 Å². The van der Waals surface area contributed by atoms with E-state index in [1.807, 2.05) is 13.0 Å². The summed E-state index contributed by atoms with van der Waals surface area (Å²) in [4.78, 5) is 23.3. The maximum atomic E-state index is 12.7. The first kappa shape index (κ1) is 20.8. The van der Waals surface area contributed by atoms with E-state index in [1.165, 1.54) is 6.07 Å². The molecule has 0 aliphatic heterocycles. The van der Waals surface area contributed by atoms with Crippen molar-refractivity contribution in [2.24, 2.45) is 0 Å². The Hall–Kier alpha value is -2.90. The van der Waals surface area contributed by atoms with Crippen LogP contribution in [0.15, 0.2) is 36.4 Å². The van der Waals surface area contributed by atoms with E-state index in [0.29, 0.717) is 33.5 Å². The maximum absolute atomic E-state index is 12.7. The van der Waals surface area contributed by atoms with Crippen LogP contribution in [-0.4, -0.2) is 20.6 Å². The van der Waals surface area contributed by atoms with Crippen molar-refractivity contribution in [2.45, 2.75) is 27.3 Å². The van der Waals surface area contributed by atoms with Crippen molar-refractivity contribution in [3.8, 4) is 0 Å². The van der Waals surface area contributed by atoms with E-state index in [2.05, 4.69) is 10.4 Å². The Kier molecular flexibility index (Phi) is 5.91. The van der Waals surface area contributed by atoms with Crippen molar-refractivity contribution in [2.75, 3.05) is 5.32 Å². The lowest BCUT2D eigenvalue weighted by atomic mass is 10.1. The molecule has 3 rings (SSSR count). The van der Waals surface area contributed by atoms with Crippen molar-refractivity contribution in [3.05, 3.63) is 84.6 Å². The summed E-state index contributed by atoms with van der Waals surface area (Å²) in [6, 6.07) is 9.73. The highest BCUT2D eigenvalue weighted by Gasteiger charge is 2.18. The molecule has 1 amide bonds. The van der Waals surface area contributed by atoms with E-state index in [-0.39, 0.29) is 11.3 Å². The Labute approximate surface area is 177 Å². The zero-order chi connectivity index (χ0) is 21.3. The van der Waals surface area contributed by atoms with Gasteiger partial charge in [0.05, 0.1) is 38.6 Å².